The SMILES string of the molecule is CCOC1CC(NC(=O)[C@H](OC)c2ccccc2)(C(=O)O)C1(C)C. The zero-order valence-electron chi connectivity index (χ0n) is 14.5. The monoisotopic (exact) mass is 335 g/mol. The molecule has 24 heavy (non-hydrogen) atoms. The molecule has 0 aliphatic heterocycles. The zero-order chi connectivity index (χ0) is 18.0. The number of hydrogen-bond acceptors (Lipinski definition) is 4. The minimum absolute atomic E-state index is 0.211. The molecule has 6 heteroatoms. The smallest absolute Gasteiger partial charge is 0.330 e. The summed E-state index contributed by atoms with van der Waals surface area (Å²) in [6.45, 7) is 5.97. The molecule has 6 nitrogen and oxygen atoms in total. The second kappa shape index (κ2) is 6.91. The molecular weight excluding hydrogens is 310 g/mol. The molecule has 1 saturated carbocycles. The number of methoxy groups -OCH3 is 1. The van der Waals surface area contributed by atoms with Crippen LogP contribution in [0.5, 0.6) is 0 Å². The van der Waals surface area contributed by atoms with Crippen LogP contribution in [0.25, 0.3) is 0 Å². The average molecular weight is 335 g/mol. The van der Waals surface area contributed by atoms with Crippen molar-refractivity contribution in [3.63, 3.8) is 0 Å². The standard InChI is InChI=1S/C18H25NO5/c1-5-24-13-11-18(16(21)22,17(13,2)3)19-15(20)14(23-4)12-9-7-6-8-10-12/h6-10,13-14H,5,11H2,1-4H3,(H,19,20)(H,21,22)/t13?,14-,18?/m1/s1. The van der Waals surface area contributed by atoms with Crippen LogP contribution in [-0.2, 0) is 19.1 Å². The van der Waals surface area contributed by atoms with E-state index < -0.39 is 28.9 Å². The maximum absolute atomic E-state index is 12.7. The van der Waals surface area contributed by atoms with E-state index in [0.29, 0.717) is 12.2 Å². The predicted octanol–water partition coefficient (Wildman–Crippen LogP) is 2.15. The number of ether oxygens (including phenoxy) is 2. The lowest BCUT2D eigenvalue weighted by Crippen LogP contribution is -2.76. The van der Waals surface area contributed by atoms with Crippen molar-refractivity contribution in [3.05, 3.63) is 35.9 Å². The Morgan fingerprint density at radius 3 is 2.42 bits per heavy atom. The van der Waals surface area contributed by atoms with Crippen LogP contribution in [0.15, 0.2) is 30.3 Å². The van der Waals surface area contributed by atoms with Gasteiger partial charge >= 0.3 is 5.97 Å². The van der Waals surface area contributed by atoms with Crippen LogP contribution in [0, 0.1) is 5.41 Å². The van der Waals surface area contributed by atoms with E-state index in [1.807, 2.05) is 13.0 Å². The number of amides is 1. The Hall–Kier alpha value is -1.92. The molecule has 1 fully saturated rings. The number of carbonyl (C=O) groups excluding carboxylic acids is 1. The van der Waals surface area contributed by atoms with Crippen molar-refractivity contribution in [2.75, 3.05) is 13.7 Å². The van der Waals surface area contributed by atoms with E-state index in [4.69, 9.17) is 9.47 Å². The summed E-state index contributed by atoms with van der Waals surface area (Å²) in [5, 5.41) is 12.5. The molecule has 132 valence electrons. The van der Waals surface area contributed by atoms with E-state index in [2.05, 4.69) is 5.32 Å². The third-order valence-corrected chi connectivity index (χ3v) is 5.04. The van der Waals surface area contributed by atoms with Gasteiger partial charge in [0, 0.05) is 25.6 Å². The van der Waals surface area contributed by atoms with E-state index in [9.17, 15) is 14.7 Å². The van der Waals surface area contributed by atoms with Crippen molar-refractivity contribution in [2.45, 2.75) is 44.9 Å². The van der Waals surface area contributed by atoms with Crippen molar-refractivity contribution < 1.29 is 24.2 Å². The van der Waals surface area contributed by atoms with E-state index in [1.165, 1.54) is 7.11 Å². The molecule has 0 saturated heterocycles. The van der Waals surface area contributed by atoms with Gasteiger partial charge in [-0.2, -0.15) is 0 Å². The molecule has 2 unspecified atom stereocenters. The summed E-state index contributed by atoms with van der Waals surface area (Å²) in [7, 11) is 1.43. The van der Waals surface area contributed by atoms with E-state index in [0.717, 1.165) is 0 Å². The van der Waals surface area contributed by atoms with Crippen LogP contribution in [0.3, 0.4) is 0 Å². The summed E-state index contributed by atoms with van der Waals surface area (Å²) in [6.07, 6.45) is -0.832. The van der Waals surface area contributed by atoms with E-state index in [1.54, 1.807) is 38.1 Å². The van der Waals surface area contributed by atoms with Crippen LogP contribution < -0.4 is 5.32 Å². The predicted molar refractivity (Wildman–Crippen MR) is 88.5 cm³/mol. The molecule has 0 aromatic heterocycles. The fourth-order valence-electron chi connectivity index (χ4n) is 3.34. The number of carboxylic acids is 1. The molecular formula is C18H25NO5. The number of benzene rings is 1. The Kier molecular flexibility index (Phi) is 5.30. The second-order valence-corrected chi connectivity index (χ2v) is 6.60. The Labute approximate surface area is 142 Å². The summed E-state index contributed by atoms with van der Waals surface area (Å²) in [4.78, 5) is 24.6. The zero-order valence-corrected chi connectivity index (χ0v) is 14.5. The third-order valence-electron chi connectivity index (χ3n) is 5.04. The third kappa shape index (κ3) is 2.91. The normalized spacial score (nSPS) is 26.2. The van der Waals surface area contributed by atoms with Crippen molar-refractivity contribution in [1.82, 2.24) is 5.32 Å². The summed E-state index contributed by atoms with van der Waals surface area (Å²) >= 11 is 0. The van der Waals surface area contributed by atoms with Crippen molar-refractivity contribution in [3.8, 4) is 0 Å². The van der Waals surface area contributed by atoms with Crippen molar-refractivity contribution >= 4 is 11.9 Å². The molecule has 0 spiro atoms. The van der Waals surface area contributed by atoms with Gasteiger partial charge in [-0.25, -0.2) is 4.79 Å². The molecule has 0 heterocycles. The Morgan fingerprint density at radius 2 is 1.96 bits per heavy atom. The summed E-state index contributed by atoms with van der Waals surface area (Å²) in [6, 6.07) is 9.00. The number of hydrogen-bond donors (Lipinski definition) is 2. The first-order valence-corrected chi connectivity index (χ1v) is 8.05. The largest absolute Gasteiger partial charge is 0.479 e. The summed E-state index contributed by atoms with van der Waals surface area (Å²) in [5.41, 5.74) is -1.41. The summed E-state index contributed by atoms with van der Waals surface area (Å²) in [5.74, 6) is -1.52. The Morgan fingerprint density at radius 1 is 1.33 bits per heavy atom. The van der Waals surface area contributed by atoms with Gasteiger partial charge in [0.1, 0.15) is 5.54 Å². The lowest BCUT2D eigenvalue weighted by atomic mass is 9.54. The maximum atomic E-state index is 12.7. The topological polar surface area (TPSA) is 84.9 Å². The molecule has 0 radical (unpaired) electrons. The van der Waals surface area contributed by atoms with Crippen LogP contribution in [0.4, 0.5) is 0 Å². The Bertz CT molecular complexity index is 601. The van der Waals surface area contributed by atoms with Crippen LogP contribution in [0.2, 0.25) is 0 Å². The van der Waals surface area contributed by atoms with Gasteiger partial charge in [-0.15, -0.1) is 0 Å². The van der Waals surface area contributed by atoms with Gasteiger partial charge in [-0.05, 0) is 12.5 Å². The number of carbonyl (C=O) groups is 2. The fraction of sp³-hybridized carbons (Fsp3) is 0.556. The molecule has 2 N–H and O–H groups in total. The quantitative estimate of drug-likeness (QED) is 0.797. The highest BCUT2D eigenvalue weighted by molar-refractivity contribution is 5.91. The van der Waals surface area contributed by atoms with Gasteiger partial charge in [-0.3, -0.25) is 4.79 Å². The number of nitrogens with one attached hydrogen (secondary N) is 1. The number of rotatable bonds is 7. The molecule has 1 aliphatic rings. The molecule has 1 aromatic rings. The molecule has 2 rings (SSSR count). The first kappa shape index (κ1) is 18.4. The summed E-state index contributed by atoms with van der Waals surface area (Å²) < 4.78 is 10.9. The van der Waals surface area contributed by atoms with E-state index in [-0.39, 0.29) is 12.5 Å². The van der Waals surface area contributed by atoms with E-state index >= 15 is 0 Å². The highest BCUT2D eigenvalue weighted by Crippen LogP contribution is 2.51. The lowest BCUT2D eigenvalue weighted by molar-refractivity contribution is -0.196. The van der Waals surface area contributed by atoms with Gasteiger partial charge in [0.2, 0.25) is 0 Å². The highest BCUT2D eigenvalue weighted by atomic mass is 16.5. The molecule has 0 bridgehead atoms. The van der Waals surface area contributed by atoms with Crippen molar-refractivity contribution in [1.29, 1.82) is 0 Å². The minimum Gasteiger partial charge on any atom is -0.479 e. The fourth-order valence-corrected chi connectivity index (χ4v) is 3.34. The van der Waals surface area contributed by atoms with Gasteiger partial charge in [0.15, 0.2) is 6.10 Å². The minimum atomic E-state index is -1.37. The maximum Gasteiger partial charge on any atom is 0.330 e. The molecule has 1 aromatic carbocycles. The van der Waals surface area contributed by atoms with Crippen LogP contribution >= 0.6 is 0 Å². The second-order valence-electron chi connectivity index (χ2n) is 6.60. The van der Waals surface area contributed by atoms with Gasteiger partial charge in [0.25, 0.3) is 5.91 Å². The van der Waals surface area contributed by atoms with Gasteiger partial charge < -0.3 is 19.9 Å². The molecule has 3 atom stereocenters. The van der Waals surface area contributed by atoms with Gasteiger partial charge in [0.05, 0.1) is 6.10 Å². The number of carboxylic acid groups (broad SMARTS) is 1. The molecule has 1 amide bonds. The van der Waals surface area contributed by atoms with Crippen molar-refractivity contribution in [2.24, 2.45) is 5.41 Å². The van der Waals surface area contributed by atoms with Gasteiger partial charge in [-0.1, -0.05) is 44.2 Å². The lowest BCUT2D eigenvalue weighted by Gasteiger charge is -2.58. The first-order chi connectivity index (χ1) is 11.3. The highest BCUT2D eigenvalue weighted by Gasteiger charge is 2.66. The van der Waals surface area contributed by atoms with Crippen LogP contribution in [-0.4, -0.2) is 42.3 Å². The van der Waals surface area contributed by atoms with Crippen LogP contribution in [0.1, 0.15) is 38.9 Å². The Balaban J connectivity index is 2.23. The first-order valence-electron chi connectivity index (χ1n) is 8.05. The average Bonchev–Trinajstić information content (AvgIpc) is 2.55. The molecule has 1 aliphatic carbocycles. The number of aliphatic carboxylic acids is 1.